The maximum atomic E-state index is 9.46. The highest BCUT2D eigenvalue weighted by Gasteiger charge is 2.42. The lowest BCUT2D eigenvalue weighted by atomic mass is 9.91. The van der Waals surface area contributed by atoms with Crippen LogP contribution in [0.15, 0.2) is 18.2 Å². The molecule has 1 aromatic carbocycles. The Kier molecular flexibility index (Phi) is 1.60. The topological polar surface area (TPSA) is 41.5 Å². The standard InChI is InChI=1S/C11H13NO2/c13-9-2-1-8-6-14-11(10(8)5-9)3-4-12-7-11/h1-2,5,12-13H,3-4,6-7H2. The van der Waals surface area contributed by atoms with Crippen LogP contribution in [-0.2, 0) is 16.9 Å². The van der Waals surface area contributed by atoms with E-state index in [0.717, 1.165) is 19.5 Å². The monoisotopic (exact) mass is 191 g/mol. The van der Waals surface area contributed by atoms with Gasteiger partial charge in [0.2, 0.25) is 0 Å². The molecular weight excluding hydrogens is 178 g/mol. The number of aromatic hydroxyl groups is 1. The number of hydrogen-bond donors (Lipinski definition) is 2. The van der Waals surface area contributed by atoms with E-state index >= 15 is 0 Å². The predicted molar refractivity (Wildman–Crippen MR) is 52.1 cm³/mol. The molecule has 2 N–H and O–H groups in total. The van der Waals surface area contributed by atoms with Gasteiger partial charge in [0.15, 0.2) is 0 Å². The minimum atomic E-state index is -0.159. The van der Waals surface area contributed by atoms with Gasteiger partial charge < -0.3 is 15.2 Å². The molecule has 2 heterocycles. The number of fused-ring (bicyclic) bond motifs is 2. The fourth-order valence-electron chi connectivity index (χ4n) is 2.43. The highest BCUT2D eigenvalue weighted by Crippen LogP contribution is 2.41. The van der Waals surface area contributed by atoms with E-state index in [1.807, 2.05) is 12.1 Å². The van der Waals surface area contributed by atoms with Crippen molar-refractivity contribution in [2.24, 2.45) is 0 Å². The molecule has 1 aromatic rings. The molecule has 1 atom stereocenters. The van der Waals surface area contributed by atoms with Crippen molar-refractivity contribution in [2.45, 2.75) is 18.6 Å². The molecule has 14 heavy (non-hydrogen) atoms. The zero-order chi connectivity index (χ0) is 9.60. The van der Waals surface area contributed by atoms with Crippen molar-refractivity contribution in [3.8, 4) is 5.75 Å². The summed E-state index contributed by atoms with van der Waals surface area (Å²) < 4.78 is 5.85. The largest absolute Gasteiger partial charge is 0.508 e. The third-order valence-electron chi connectivity index (χ3n) is 3.20. The Balaban J connectivity index is 2.12. The third kappa shape index (κ3) is 0.996. The molecule has 3 rings (SSSR count). The van der Waals surface area contributed by atoms with Gasteiger partial charge in [0, 0.05) is 6.54 Å². The second kappa shape index (κ2) is 2.72. The van der Waals surface area contributed by atoms with Crippen molar-refractivity contribution in [3.63, 3.8) is 0 Å². The maximum Gasteiger partial charge on any atom is 0.115 e. The first-order valence-corrected chi connectivity index (χ1v) is 4.97. The molecule has 0 amide bonds. The average Bonchev–Trinajstić information content (AvgIpc) is 2.77. The van der Waals surface area contributed by atoms with E-state index in [1.54, 1.807) is 6.07 Å². The highest BCUT2D eigenvalue weighted by molar-refractivity contribution is 5.41. The Morgan fingerprint density at radius 1 is 1.43 bits per heavy atom. The number of ether oxygens (including phenoxy) is 1. The van der Waals surface area contributed by atoms with Crippen molar-refractivity contribution in [1.82, 2.24) is 5.32 Å². The molecular formula is C11H13NO2. The fraction of sp³-hybridized carbons (Fsp3) is 0.455. The normalized spacial score (nSPS) is 29.7. The molecule has 1 saturated heterocycles. The van der Waals surface area contributed by atoms with Gasteiger partial charge in [-0.2, -0.15) is 0 Å². The molecule has 0 saturated carbocycles. The van der Waals surface area contributed by atoms with E-state index in [1.165, 1.54) is 11.1 Å². The fourth-order valence-corrected chi connectivity index (χ4v) is 2.43. The van der Waals surface area contributed by atoms with Gasteiger partial charge in [0.05, 0.1) is 6.61 Å². The molecule has 2 aliphatic rings. The van der Waals surface area contributed by atoms with Crippen molar-refractivity contribution >= 4 is 0 Å². The van der Waals surface area contributed by atoms with Crippen LogP contribution in [0.3, 0.4) is 0 Å². The molecule has 1 fully saturated rings. The van der Waals surface area contributed by atoms with Crippen LogP contribution in [0.1, 0.15) is 17.5 Å². The highest BCUT2D eigenvalue weighted by atomic mass is 16.5. The number of phenolic OH excluding ortho intramolecular Hbond substituents is 1. The number of rotatable bonds is 0. The summed E-state index contributed by atoms with van der Waals surface area (Å²) in [6, 6.07) is 5.52. The van der Waals surface area contributed by atoms with Crippen molar-refractivity contribution < 1.29 is 9.84 Å². The average molecular weight is 191 g/mol. The summed E-state index contributed by atoms with van der Waals surface area (Å²) in [6.45, 7) is 2.54. The van der Waals surface area contributed by atoms with Crippen LogP contribution in [-0.4, -0.2) is 18.2 Å². The SMILES string of the molecule is Oc1ccc2c(c1)C1(CCNC1)OC2. The summed E-state index contributed by atoms with van der Waals surface area (Å²) in [5, 5.41) is 12.8. The quantitative estimate of drug-likeness (QED) is 0.645. The first-order valence-electron chi connectivity index (χ1n) is 4.97. The summed E-state index contributed by atoms with van der Waals surface area (Å²) in [4.78, 5) is 0. The number of benzene rings is 1. The lowest BCUT2D eigenvalue weighted by Gasteiger charge is -2.22. The van der Waals surface area contributed by atoms with E-state index in [2.05, 4.69) is 5.32 Å². The Morgan fingerprint density at radius 3 is 3.14 bits per heavy atom. The van der Waals surface area contributed by atoms with Gasteiger partial charge in [-0.05, 0) is 36.2 Å². The number of hydrogen-bond acceptors (Lipinski definition) is 3. The Bertz CT molecular complexity index is 370. The molecule has 1 spiro atoms. The van der Waals surface area contributed by atoms with Crippen LogP contribution >= 0.6 is 0 Å². The second-order valence-corrected chi connectivity index (χ2v) is 4.05. The summed E-state index contributed by atoms with van der Waals surface area (Å²) in [5.74, 6) is 0.334. The van der Waals surface area contributed by atoms with Gasteiger partial charge >= 0.3 is 0 Å². The van der Waals surface area contributed by atoms with E-state index in [0.29, 0.717) is 12.4 Å². The molecule has 0 aliphatic carbocycles. The number of nitrogens with one attached hydrogen (secondary N) is 1. The summed E-state index contributed by atoms with van der Waals surface area (Å²) in [5.41, 5.74) is 2.22. The van der Waals surface area contributed by atoms with Gasteiger partial charge in [-0.15, -0.1) is 0 Å². The van der Waals surface area contributed by atoms with Crippen LogP contribution < -0.4 is 5.32 Å². The lowest BCUT2D eigenvalue weighted by molar-refractivity contribution is -0.0219. The van der Waals surface area contributed by atoms with Crippen molar-refractivity contribution in [2.75, 3.05) is 13.1 Å². The second-order valence-electron chi connectivity index (χ2n) is 4.05. The van der Waals surface area contributed by atoms with E-state index in [9.17, 15) is 5.11 Å². The van der Waals surface area contributed by atoms with Crippen molar-refractivity contribution in [3.05, 3.63) is 29.3 Å². The van der Waals surface area contributed by atoms with Crippen LogP contribution in [0.2, 0.25) is 0 Å². The number of phenols is 1. The maximum absolute atomic E-state index is 9.46. The first kappa shape index (κ1) is 8.26. The molecule has 0 bridgehead atoms. The molecule has 2 aliphatic heterocycles. The summed E-state index contributed by atoms with van der Waals surface area (Å²) >= 11 is 0. The molecule has 0 radical (unpaired) electrons. The van der Waals surface area contributed by atoms with Gasteiger partial charge in [0.25, 0.3) is 0 Å². The first-order chi connectivity index (χ1) is 6.80. The molecule has 3 nitrogen and oxygen atoms in total. The zero-order valence-corrected chi connectivity index (χ0v) is 7.92. The van der Waals surface area contributed by atoms with Gasteiger partial charge in [-0.3, -0.25) is 0 Å². The minimum Gasteiger partial charge on any atom is -0.508 e. The van der Waals surface area contributed by atoms with Crippen molar-refractivity contribution in [1.29, 1.82) is 0 Å². The lowest BCUT2D eigenvalue weighted by Crippen LogP contribution is -2.27. The molecule has 3 heteroatoms. The summed E-state index contributed by atoms with van der Waals surface area (Å²) in [6.07, 6.45) is 1.00. The minimum absolute atomic E-state index is 0.159. The third-order valence-corrected chi connectivity index (χ3v) is 3.20. The summed E-state index contributed by atoms with van der Waals surface area (Å²) in [7, 11) is 0. The van der Waals surface area contributed by atoms with Crippen LogP contribution in [0.4, 0.5) is 0 Å². The van der Waals surface area contributed by atoms with E-state index < -0.39 is 0 Å². The molecule has 0 aromatic heterocycles. The van der Waals surface area contributed by atoms with Crippen LogP contribution in [0.5, 0.6) is 5.75 Å². The van der Waals surface area contributed by atoms with Gasteiger partial charge in [-0.25, -0.2) is 0 Å². The van der Waals surface area contributed by atoms with Crippen LogP contribution in [0.25, 0.3) is 0 Å². The zero-order valence-electron chi connectivity index (χ0n) is 7.92. The Morgan fingerprint density at radius 2 is 2.36 bits per heavy atom. The van der Waals surface area contributed by atoms with Gasteiger partial charge in [-0.1, -0.05) is 6.07 Å². The smallest absolute Gasteiger partial charge is 0.115 e. The van der Waals surface area contributed by atoms with E-state index in [4.69, 9.17) is 4.74 Å². The molecule has 74 valence electrons. The van der Waals surface area contributed by atoms with Gasteiger partial charge in [0.1, 0.15) is 11.4 Å². The molecule has 1 unspecified atom stereocenters. The van der Waals surface area contributed by atoms with E-state index in [-0.39, 0.29) is 5.60 Å². The Labute approximate surface area is 82.7 Å². The van der Waals surface area contributed by atoms with Crippen LogP contribution in [0, 0.1) is 0 Å². The Hall–Kier alpha value is -1.06. The predicted octanol–water partition coefficient (Wildman–Crippen LogP) is 1.11.